The van der Waals surface area contributed by atoms with Gasteiger partial charge in [-0.25, -0.2) is 9.78 Å². The van der Waals surface area contributed by atoms with Crippen molar-refractivity contribution < 1.29 is 28.5 Å². The lowest BCUT2D eigenvalue weighted by Crippen LogP contribution is -2.24. The van der Waals surface area contributed by atoms with E-state index in [4.69, 9.17) is 24.7 Å². The molecule has 0 radical (unpaired) electrons. The lowest BCUT2D eigenvalue weighted by atomic mass is 10.3. The molecule has 0 aliphatic rings. The Balaban J connectivity index is 2.76. The first-order valence-corrected chi connectivity index (χ1v) is 5.66. The fourth-order valence-electron chi connectivity index (χ4n) is 1.27. The zero-order chi connectivity index (χ0) is 15.1. The molecule has 0 bridgehead atoms. The first-order valence-electron chi connectivity index (χ1n) is 5.66. The third-order valence-electron chi connectivity index (χ3n) is 2.41. The van der Waals surface area contributed by atoms with E-state index in [1.165, 1.54) is 33.4 Å². The van der Waals surface area contributed by atoms with Crippen molar-refractivity contribution in [3.05, 3.63) is 18.0 Å². The van der Waals surface area contributed by atoms with Crippen molar-refractivity contribution >= 4 is 11.9 Å². The smallest absolute Gasteiger partial charge is 0.337 e. The molecule has 20 heavy (non-hydrogen) atoms. The highest BCUT2D eigenvalue weighted by molar-refractivity contribution is 5.94. The number of hydrogen-bond acceptors (Lipinski definition) is 7. The molecule has 0 spiro atoms. The van der Waals surface area contributed by atoms with E-state index in [2.05, 4.69) is 4.98 Å². The van der Waals surface area contributed by atoms with Crippen molar-refractivity contribution in [1.82, 2.24) is 4.98 Å². The van der Waals surface area contributed by atoms with Crippen molar-refractivity contribution in [2.45, 2.75) is 13.0 Å². The number of nitrogens with zero attached hydrogens (tertiary/aromatic N) is 1. The molecule has 2 N–H and O–H groups in total. The monoisotopic (exact) mass is 284 g/mol. The summed E-state index contributed by atoms with van der Waals surface area (Å²) in [5.41, 5.74) is 5.06. The molecule has 1 amide bonds. The van der Waals surface area contributed by atoms with Crippen LogP contribution in [0.1, 0.15) is 17.4 Å². The van der Waals surface area contributed by atoms with Crippen LogP contribution in [0.2, 0.25) is 0 Å². The van der Waals surface area contributed by atoms with Crippen LogP contribution in [0.15, 0.2) is 12.3 Å². The highest BCUT2D eigenvalue weighted by Gasteiger charge is 2.18. The molecule has 0 fully saturated rings. The number of rotatable bonds is 7. The van der Waals surface area contributed by atoms with Crippen LogP contribution in [-0.2, 0) is 14.3 Å². The Labute approximate surface area is 115 Å². The predicted octanol–water partition coefficient (Wildman–Crippen LogP) is 0.103. The van der Waals surface area contributed by atoms with Gasteiger partial charge in [-0.1, -0.05) is 0 Å². The zero-order valence-corrected chi connectivity index (χ0v) is 11.4. The van der Waals surface area contributed by atoms with Crippen molar-refractivity contribution in [2.24, 2.45) is 5.73 Å². The van der Waals surface area contributed by atoms with E-state index in [9.17, 15) is 9.59 Å². The number of aromatic nitrogens is 1. The molecule has 1 heterocycles. The van der Waals surface area contributed by atoms with Gasteiger partial charge < -0.3 is 24.7 Å². The molecule has 8 nitrogen and oxygen atoms in total. The number of hydrogen-bond donors (Lipinski definition) is 1. The summed E-state index contributed by atoms with van der Waals surface area (Å²) in [7, 11) is 2.77. The van der Waals surface area contributed by atoms with E-state index in [0.29, 0.717) is 0 Å². The number of carbonyl (C=O) groups excluding carboxylic acids is 2. The number of nitrogens with two attached hydrogens (primary N) is 1. The van der Waals surface area contributed by atoms with E-state index < -0.39 is 24.8 Å². The molecule has 110 valence electrons. The zero-order valence-electron chi connectivity index (χ0n) is 11.4. The molecule has 0 saturated heterocycles. The standard InChI is InChI=1S/C12H16N2O6/c1-7(17-2)12(16)20-6-19-10-8(18-3)4-5-14-9(10)11(13)15/h4-5,7H,6H2,1-3H3,(H2,13,15). The van der Waals surface area contributed by atoms with Gasteiger partial charge >= 0.3 is 5.97 Å². The van der Waals surface area contributed by atoms with Crippen molar-refractivity contribution in [1.29, 1.82) is 0 Å². The summed E-state index contributed by atoms with van der Waals surface area (Å²) in [4.78, 5) is 26.4. The van der Waals surface area contributed by atoms with Crippen molar-refractivity contribution in [3.8, 4) is 11.5 Å². The first kappa shape index (κ1) is 15.7. The third-order valence-corrected chi connectivity index (χ3v) is 2.41. The summed E-state index contributed by atoms with van der Waals surface area (Å²) >= 11 is 0. The van der Waals surface area contributed by atoms with Crippen LogP contribution in [0, 0.1) is 0 Å². The van der Waals surface area contributed by atoms with Crippen LogP contribution in [0.5, 0.6) is 11.5 Å². The lowest BCUT2D eigenvalue weighted by molar-refractivity contribution is -0.160. The fraction of sp³-hybridized carbons (Fsp3) is 0.417. The van der Waals surface area contributed by atoms with Crippen LogP contribution in [-0.4, -0.2) is 44.0 Å². The van der Waals surface area contributed by atoms with Crippen LogP contribution in [0.3, 0.4) is 0 Å². The summed E-state index contributed by atoms with van der Waals surface area (Å²) in [5, 5.41) is 0. The predicted molar refractivity (Wildman–Crippen MR) is 67.4 cm³/mol. The SMILES string of the molecule is COc1ccnc(C(N)=O)c1OCOC(=O)C(C)OC. The van der Waals surface area contributed by atoms with Gasteiger partial charge in [-0.2, -0.15) is 0 Å². The highest BCUT2D eigenvalue weighted by atomic mass is 16.7. The maximum atomic E-state index is 11.4. The molecular weight excluding hydrogens is 268 g/mol. The highest BCUT2D eigenvalue weighted by Crippen LogP contribution is 2.29. The van der Waals surface area contributed by atoms with Crippen molar-refractivity contribution in [2.75, 3.05) is 21.0 Å². The normalized spacial score (nSPS) is 11.6. The van der Waals surface area contributed by atoms with Gasteiger partial charge in [-0.3, -0.25) is 4.79 Å². The fourth-order valence-corrected chi connectivity index (χ4v) is 1.27. The molecule has 1 unspecified atom stereocenters. The van der Waals surface area contributed by atoms with Crippen LogP contribution < -0.4 is 15.2 Å². The van der Waals surface area contributed by atoms with Gasteiger partial charge in [0.05, 0.1) is 7.11 Å². The molecule has 1 atom stereocenters. The summed E-state index contributed by atoms with van der Waals surface area (Å²) in [6, 6.07) is 1.49. The van der Waals surface area contributed by atoms with Gasteiger partial charge in [-0.15, -0.1) is 0 Å². The van der Waals surface area contributed by atoms with E-state index in [-0.39, 0.29) is 17.2 Å². The number of amides is 1. The average Bonchev–Trinajstić information content (AvgIpc) is 2.45. The topological polar surface area (TPSA) is 110 Å². The second-order valence-corrected chi connectivity index (χ2v) is 3.66. The summed E-state index contributed by atoms with van der Waals surface area (Å²) in [5.74, 6) is -1.11. The first-order chi connectivity index (χ1) is 9.51. The minimum absolute atomic E-state index is 0.0142. The van der Waals surface area contributed by atoms with Gasteiger partial charge in [0.15, 0.2) is 23.3 Å². The lowest BCUT2D eigenvalue weighted by Gasteiger charge is -2.14. The molecule has 0 aliphatic heterocycles. The Morgan fingerprint density at radius 2 is 2.10 bits per heavy atom. The summed E-state index contributed by atoms with van der Waals surface area (Å²) in [6.07, 6.45) is 0.634. The van der Waals surface area contributed by atoms with Crippen LogP contribution in [0.4, 0.5) is 0 Å². The quantitative estimate of drug-likeness (QED) is 0.558. The Hall–Kier alpha value is -2.35. The number of methoxy groups -OCH3 is 2. The largest absolute Gasteiger partial charge is 0.493 e. The molecule has 0 aliphatic carbocycles. The summed E-state index contributed by atoms with van der Waals surface area (Å²) < 4.78 is 19.8. The van der Waals surface area contributed by atoms with E-state index in [0.717, 1.165) is 0 Å². The van der Waals surface area contributed by atoms with Crippen LogP contribution in [0.25, 0.3) is 0 Å². The van der Waals surface area contributed by atoms with Gasteiger partial charge in [0.2, 0.25) is 6.79 Å². The van der Waals surface area contributed by atoms with Gasteiger partial charge in [0.25, 0.3) is 5.91 Å². The maximum absolute atomic E-state index is 11.4. The number of carbonyl (C=O) groups is 2. The van der Waals surface area contributed by atoms with E-state index in [1.807, 2.05) is 0 Å². The van der Waals surface area contributed by atoms with Gasteiger partial charge in [0, 0.05) is 19.4 Å². The van der Waals surface area contributed by atoms with Gasteiger partial charge in [-0.05, 0) is 6.92 Å². The Kier molecular flexibility index (Phi) is 5.73. The van der Waals surface area contributed by atoms with Crippen LogP contribution >= 0.6 is 0 Å². The number of ether oxygens (including phenoxy) is 4. The third kappa shape index (κ3) is 3.82. The minimum atomic E-state index is -0.782. The number of pyridine rings is 1. The van der Waals surface area contributed by atoms with E-state index >= 15 is 0 Å². The molecule has 1 aromatic heterocycles. The molecular formula is C12H16N2O6. The number of esters is 1. The minimum Gasteiger partial charge on any atom is -0.493 e. The van der Waals surface area contributed by atoms with Gasteiger partial charge in [0.1, 0.15) is 0 Å². The second-order valence-electron chi connectivity index (χ2n) is 3.66. The molecule has 0 saturated carbocycles. The molecule has 1 aromatic rings. The average molecular weight is 284 g/mol. The Morgan fingerprint density at radius 1 is 1.40 bits per heavy atom. The Morgan fingerprint density at radius 3 is 2.65 bits per heavy atom. The van der Waals surface area contributed by atoms with E-state index in [1.54, 1.807) is 0 Å². The molecule has 1 rings (SSSR count). The Bertz CT molecular complexity index is 491. The summed E-state index contributed by atoms with van der Waals surface area (Å²) in [6.45, 7) is 1.11. The molecule has 0 aromatic carbocycles. The molecule has 8 heteroatoms. The number of primary amides is 1. The second kappa shape index (κ2) is 7.29. The maximum Gasteiger partial charge on any atom is 0.337 e. The van der Waals surface area contributed by atoms with Crippen molar-refractivity contribution in [3.63, 3.8) is 0 Å².